The monoisotopic (exact) mass is 379 g/mol. The molecule has 28 heavy (non-hydrogen) atoms. The highest BCUT2D eigenvalue weighted by molar-refractivity contribution is 5.88. The molecule has 0 aromatic heterocycles. The summed E-state index contributed by atoms with van der Waals surface area (Å²) in [7, 11) is 1.63. The van der Waals surface area contributed by atoms with E-state index in [9.17, 15) is 10.0 Å². The highest BCUT2D eigenvalue weighted by atomic mass is 16.5. The van der Waals surface area contributed by atoms with Crippen molar-refractivity contribution in [1.82, 2.24) is 9.96 Å². The normalized spacial score (nSPS) is 22.6. The Balaban J connectivity index is 1.38. The van der Waals surface area contributed by atoms with Gasteiger partial charge in [-0.2, -0.15) is 0 Å². The van der Waals surface area contributed by atoms with Gasteiger partial charge in [0.2, 0.25) is 0 Å². The zero-order valence-corrected chi connectivity index (χ0v) is 16.3. The predicted octanol–water partition coefficient (Wildman–Crippen LogP) is 3.41. The number of ether oxygens (including phenoxy) is 1. The van der Waals surface area contributed by atoms with Gasteiger partial charge in [0.05, 0.1) is 13.2 Å². The molecule has 2 aliphatic heterocycles. The number of piperidine rings is 1. The first-order chi connectivity index (χ1) is 13.6. The van der Waals surface area contributed by atoms with E-state index in [1.54, 1.807) is 7.11 Å². The summed E-state index contributed by atoms with van der Waals surface area (Å²) in [5, 5.41) is 14.3. The molecule has 2 saturated heterocycles. The van der Waals surface area contributed by atoms with Gasteiger partial charge in [-0.3, -0.25) is 9.69 Å². The molecule has 2 aromatic rings. The van der Waals surface area contributed by atoms with Gasteiger partial charge in [-0.25, -0.2) is 0 Å². The van der Waals surface area contributed by atoms with Gasteiger partial charge in [0, 0.05) is 31.6 Å². The molecular weight excluding hydrogens is 352 g/mol. The molecule has 0 N–H and O–H groups in total. The molecule has 0 amide bonds. The second-order valence-electron chi connectivity index (χ2n) is 8.02. The van der Waals surface area contributed by atoms with E-state index in [1.165, 1.54) is 5.56 Å². The molecule has 0 aliphatic carbocycles. The standard InChI is InChI=1S/C23H27N2O3/c1-28-20-9-7-18(8-10-20)15-21-22(26)16-23(25(21)27)11-13-24(14-12-23)17-19-5-3-2-4-6-19/h2-10,21H,11-17H2,1H3/q-1. The van der Waals surface area contributed by atoms with Crippen molar-refractivity contribution in [3.05, 3.63) is 70.9 Å². The average Bonchev–Trinajstić information content (AvgIpc) is 2.95. The van der Waals surface area contributed by atoms with Gasteiger partial charge in [0.25, 0.3) is 0 Å². The molecule has 4 rings (SSSR count). The Morgan fingerprint density at radius 1 is 1.04 bits per heavy atom. The number of ketones is 1. The van der Waals surface area contributed by atoms with Crippen LogP contribution in [0.3, 0.4) is 0 Å². The van der Waals surface area contributed by atoms with Crippen LogP contribution in [0.25, 0.3) is 0 Å². The van der Waals surface area contributed by atoms with Crippen molar-refractivity contribution in [2.24, 2.45) is 0 Å². The smallest absolute Gasteiger partial charge is 0.151 e. The maximum atomic E-state index is 13.1. The lowest BCUT2D eigenvalue weighted by atomic mass is 9.85. The van der Waals surface area contributed by atoms with Crippen molar-refractivity contribution >= 4 is 5.78 Å². The number of Topliss-reactive ketones (excluding diaryl/α,β-unsaturated/α-hetero) is 1. The first kappa shape index (κ1) is 19.1. The van der Waals surface area contributed by atoms with Crippen LogP contribution in [0.4, 0.5) is 0 Å². The van der Waals surface area contributed by atoms with Crippen LogP contribution in [0.5, 0.6) is 5.75 Å². The van der Waals surface area contributed by atoms with E-state index < -0.39 is 11.6 Å². The Morgan fingerprint density at radius 2 is 1.71 bits per heavy atom. The Bertz CT molecular complexity index is 798. The molecular formula is C23H27N2O3-. The summed E-state index contributed by atoms with van der Waals surface area (Å²) in [5.74, 6) is 0.866. The minimum atomic E-state index is -0.561. The van der Waals surface area contributed by atoms with Crippen molar-refractivity contribution in [3.8, 4) is 5.75 Å². The molecule has 2 fully saturated rings. The molecule has 1 spiro atoms. The fourth-order valence-electron chi connectivity index (χ4n) is 4.53. The van der Waals surface area contributed by atoms with E-state index in [4.69, 9.17) is 4.74 Å². The van der Waals surface area contributed by atoms with E-state index in [0.29, 0.717) is 12.8 Å². The molecule has 0 radical (unpaired) electrons. The number of benzene rings is 2. The summed E-state index contributed by atoms with van der Waals surface area (Å²) in [6, 6.07) is 17.5. The number of rotatable bonds is 5. The van der Waals surface area contributed by atoms with Gasteiger partial charge >= 0.3 is 0 Å². The molecule has 5 nitrogen and oxygen atoms in total. The zero-order valence-electron chi connectivity index (χ0n) is 16.3. The number of carbonyl (C=O) groups is 1. The molecule has 5 heteroatoms. The van der Waals surface area contributed by atoms with Crippen molar-refractivity contribution in [2.45, 2.75) is 43.8 Å². The number of hydrogen-bond donors (Lipinski definition) is 0. The third-order valence-electron chi connectivity index (χ3n) is 6.25. The topological polar surface area (TPSA) is 55.8 Å². The molecule has 1 atom stereocenters. The second-order valence-corrected chi connectivity index (χ2v) is 8.02. The number of hydrogen-bond acceptors (Lipinski definition) is 5. The van der Waals surface area contributed by atoms with Crippen LogP contribution in [0.1, 0.15) is 30.4 Å². The van der Waals surface area contributed by atoms with Crippen molar-refractivity contribution in [2.75, 3.05) is 20.2 Å². The molecule has 1 unspecified atom stereocenters. The maximum Gasteiger partial charge on any atom is 0.151 e. The quantitative estimate of drug-likeness (QED) is 0.797. The third-order valence-corrected chi connectivity index (χ3v) is 6.25. The maximum absolute atomic E-state index is 13.1. The van der Waals surface area contributed by atoms with Gasteiger partial charge in [-0.05, 0) is 42.5 Å². The van der Waals surface area contributed by atoms with Gasteiger partial charge in [-0.1, -0.05) is 42.5 Å². The number of nitrogens with zero attached hydrogens (tertiary/aromatic N) is 2. The van der Waals surface area contributed by atoms with E-state index >= 15 is 0 Å². The summed E-state index contributed by atoms with van der Waals surface area (Å²) in [6.45, 7) is 2.62. The SMILES string of the molecule is COc1ccc(CC2C(=O)CC3(CCN(Cc4ccccc4)CC3)N2[O-])cc1. The lowest BCUT2D eigenvalue weighted by Gasteiger charge is -2.50. The van der Waals surface area contributed by atoms with E-state index in [1.807, 2.05) is 30.3 Å². The van der Waals surface area contributed by atoms with E-state index in [-0.39, 0.29) is 5.78 Å². The summed E-state index contributed by atoms with van der Waals surface area (Å²) in [4.78, 5) is 15.1. The summed E-state index contributed by atoms with van der Waals surface area (Å²) in [5.41, 5.74) is 1.78. The second kappa shape index (κ2) is 8.03. The van der Waals surface area contributed by atoms with Gasteiger partial charge in [-0.15, -0.1) is 0 Å². The fraction of sp³-hybridized carbons (Fsp3) is 0.435. The molecule has 2 aliphatic rings. The van der Waals surface area contributed by atoms with Gasteiger partial charge in [0.15, 0.2) is 5.78 Å². The number of carbonyl (C=O) groups excluding carboxylic acids is 1. The lowest BCUT2D eigenvalue weighted by Crippen LogP contribution is -2.51. The van der Waals surface area contributed by atoms with Crippen LogP contribution in [-0.4, -0.2) is 47.5 Å². The predicted molar refractivity (Wildman–Crippen MR) is 109 cm³/mol. The first-order valence-electron chi connectivity index (χ1n) is 9.98. The number of methoxy groups -OCH3 is 1. The Morgan fingerprint density at radius 3 is 2.36 bits per heavy atom. The molecule has 2 aromatic carbocycles. The highest BCUT2D eigenvalue weighted by Crippen LogP contribution is 2.40. The number of likely N-dealkylation sites (tertiary alicyclic amines) is 1. The Kier molecular flexibility index (Phi) is 5.49. The summed E-state index contributed by atoms with van der Waals surface area (Å²) >= 11 is 0. The summed E-state index contributed by atoms with van der Waals surface area (Å²) in [6.07, 6.45) is 2.38. The minimum absolute atomic E-state index is 0.0855. The minimum Gasteiger partial charge on any atom is -0.784 e. The lowest BCUT2D eigenvalue weighted by molar-refractivity contribution is -0.119. The van der Waals surface area contributed by atoms with E-state index in [0.717, 1.165) is 48.9 Å². The van der Waals surface area contributed by atoms with Crippen molar-refractivity contribution in [1.29, 1.82) is 0 Å². The number of hydroxylamine groups is 2. The van der Waals surface area contributed by atoms with Crippen LogP contribution in [0.15, 0.2) is 54.6 Å². The van der Waals surface area contributed by atoms with Gasteiger partial charge in [0.1, 0.15) is 5.75 Å². The fourth-order valence-corrected chi connectivity index (χ4v) is 4.53. The molecule has 0 bridgehead atoms. The van der Waals surface area contributed by atoms with Crippen LogP contribution in [0, 0.1) is 5.21 Å². The van der Waals surface area contributed by atoms with Crippen molar-refractivity contribution < 1.29 is 9.53 Å². The molecule has 148 valence electrons. The average molecular weight is 379 g/mol. The van der Waals surface area contributed by atoms with Crippen LogP contribution in [-0.2, 0) is 17.8 Å². The van der Waals surface area contributed by atoms with Crippen LogP contribution >= 0.6 is 0 Å². The molecule has 2 heterocycles. The van der Waals surface area contributed by atoms with Crippen LogP contribution < -0.4 is 4.74 Å². The van der Waals surface area contributed by atoms with E-state index in [2.05, 4.69) is 29.2 Å². The first-order valence-corrected chi connectivity index (χ1v) is 9.98. The Hall–Kier alpha value is -2.21. The third kappa shape index (κ3) is 3.83. The van der Waals surface area contributed by atoms with Crippen LogP contribution in [0.2, 0.25) is 0 Å². The highest BCUT2D eigenvalue weighted by Gasteiger charge is 2.47. The largest absolute Gasteiger partial charge is 0.784 e. The van der Waals surface area contributed by atoms with Gasteiger partial charge < -0.3 is 15.0 Å². The molecule has 0 saturated carbocycles. The zero-order chi connectivity index (χ0) is 19.6. The van der Waals surface area contributed by atoms with Crippen molar-refractivity contribution in [3.63, 3.8) is 0 Å². The summed E-state index contributed by atoms with van der Waals surface area (Å²) < 4.78 is 5.18. The Labute approximate surface area is 166 Å².